The van der Waals surface area contributed by atoms with E-state index in [2.05, 4.69) is 19.2 Å². The first-order chi connectivity index (χ1) is 8.05. The van der Waals surface area contributed by atoms with Crippen molar-refractivity contribution in [3.63, 3.8) is 0 Å². The maximum absolute atomic E-state index is 6.25. The van der Waals surface area contributed by atoms with Gasteiger partial charge in [-0.1, -0.05) is 12.8 Å². The number of ether oxygens (including phenoxy) is 2. The molecule has 0 amide bonds. The largest absolute Gasteiger partial charge is 0.377 e. The molecule has 17 heavy (non-hydrogen) atoms. The topological polar surface area (TPSA) is 30.5 Å². The Hall–Kier alpha value is -0.120. The summed E-state index contributed by atoms with van der Waals surface area (Å²) in [5, 5.41) is 3.47. The predicted octanol–water partition coefficient (Wildman–Crippen LogP) is 2.49. The second-order valence-electron chi connectivity index (χ2n) is 6.26. The molecule has 0 aromatic heterocycles. The quantitative estimate of drug-likeness (QED) is 0.802. The third-order valence-corrected chi connectivity index (χ3v) is 4.33. The molecule has 100 valence electrons. The summed E-state index contributed by atoms with van der Waals surface area (Å²) in [5.74, 6) is 0. The van der Waals surface area contributed by atoms with Crippen molar-refractivity contribution in [2.75, 3.05) is 20.2 Å². The van der Waals surface area contributed by atoms with E-state index in [0.29, 0.717) is 6.10 Å². The van der Waals surface area contributed by atoms with Crippen LogP contribution in [0.3, 0.4) is 0 Å². The fraction of sp³-hybridized carbons (Fsp3) is 1.00. The van der Waals surface area contributed by atoms with Crippen LogP contribution in [-0.4, -0.2) is 37.5 Å². The first kappa shape index (κ1) is 13.3. The highest BCUT2D eigenvalue weighted by Crippen LogP contribution is 2.43. The molecule has 1 aliphatic carbocycles. The highest BCUT2D eigenvalue weighted by molar-refractivity contribution is 4.93. The van der Waals surface area contributed by atoms with Crippen LogP contribution in [0.1, 0.15) is 52.4 Å². The summed E-state index contributed by atoms with van der Waals surface area (Å²) in [6, 6.07) is 0. The zero-order valence-corrected chi connectivity index (χ0v) is 11.6. The molecule has 0 aromatic carbocycles. The fourth-order valence-electron chi connectivity index (χ4n) is 3.03. The Bertz CT molecular complexity index is 247. The SMILES string of the molecule is COC(C)(C)CNCC1CCC2(CCCC2)O1. The van der Waals surface area contributed by atoms with Gasteiger partial charge in [-0.3, -0.25) is 0 Å². The fourth-order valence-corrected chi connectivity index (χ4v) is 3.03. The molecule has 1 unspecified atom stereocenters. The Morgan fingerprint density at radius 2 is 2.00 bits per heavy atom. The van der Waals surface area contributed by atoms with Crippen LogP contribution in [0.4, 0.5) is 0 Å². The van der Waals surface area contributed by atoms with Crippen molar-refractivity contribution in [2.24, 2.45) is 0 Å². The molecule has 3 nitrogen and oxygen atoms in total. The molecular formula is C14H27NO2. The van der Waals surface area contributed by atoms with E-state index >= 15 is 0 Å². The van der Waals surface area contributed by atoms with Crippen LogP contribution in [0.25, 0.3) is 0 Å². The minimum atomic E-state index is -0.0797. The Morgan fingerprint density at radius 1 is 1.29 bits per heavy atom. The maximum atomic E-state index is 6.25. The van der Waals surface area contributed by atoms with Gasteiger partial charge in [0.05, 0.1) is 17.3 Å². The van der Waals surface area contributed by atoms with Crippen LogP contribution in [0.2, 0.25) is 0 Å². The first-order valence-corrected chi connectivity index (χ1v) is 6.99. The van der Waals surface area contributed by atoms with E-state index in [1.807, 2.05) is 0 Å². The zero-order chi connectivity index (χ0) is 12.4. The first-order valence-electron chi connectivity index (χ1n) is 6.99. The molecule has 1 N–H and O–H groups in total. The van der Waals surface area contributed by atoms with Crippen LogP contribution in [0.5, 0.6) is 0 Å². The minimum absolute atomic E-state index is 0.0797. The van der Waals surface area contributed by atoms with Crippen LogP contribution >= 0.6 is 0 Å². The van der Waals surface area contributed by atoms with E-state index in [-0.39, 0.29) is 11.2 Å². The van der Waals surface area contributed by atoms with Crippen LogP contribution in [0.15, 0.2) is 0 Å². The molecule has 0 bridgehead atoms. The number of rotatable bonds is 5. The van der Waals surface area contributed by atoms with Crippen molar-refractivity contribution in [1.82, 2.24) is 5.32 Å². The summed E-state index contributed by atoms with van der Waals surface area (Å²) in [5.41, 5.74) is 0.187. The average molecular weight is 241 g/mol. The van der Waals surface area contributed by atoms with Crippen molar-refractivity contribution in [2.45, 2.75) is 69.7 Å². The minimum Gasteiger partial charge on any atom is -0.377 e. The van der Waals surface area contributed by atoms with E-state index in [4.69, 9.17) is 9.47 Å². The summed E-state index contributed by atoms with van der Waals surface area (Å²) < 4.78 is 11.6. The Labute approximate surface area is 105 Å². The summed E-state index contributed by atoms with van der Waals surface area (Å²) in [4.78, 5) is 0. The van der Waals surface area contributed by atoms with E-state index in [0.717, 1.165) is 13.1 Å². The summed E-state index contributed by atoms with van der Waals surface area (Å²) in [6.45, 7) is 6.06. The molecular weight excluding hydrogens is 214 g/mol. The van der Waals surface area contributed by atoms with Gasteiger partial charge < -0.3 is 14.8 Å². The maximum Gasteiger partial charge on any atom is 0.0746 e. The van der Waals surface area contributed by atoms with E-state index < -0.39 is 0 Å². The molecule has 0 aromatic rings. The molecule has 1 saturated carbocycles. The lowest BCUT2D eigenvalue weighted by Gasteiger charge is -2.26. The third-order valence-electron chi connectivity index (χ3n) is 4.33. The summed E-state index contributed by atoms with van der Waals surface area (Å²) in [6.07, 6.45) is 8.20. The zero-order valence-electron chi connectivity index (χ0n) is 11.6. The van der Waals surface area contributed by atoms with Gasteiger partial charge in [-0.15, -0.1) is 0 Å². The second kappa shape index (κ2) is 5.25. The molecule has 1 saturated heterocycles. The van der Waals surface area contributed by atoms with Gasteiger partial charge in [0.2, 0.25) is 0 Å². The predicted molar refractivity (Wildman–Crippen MR) is 69.3 cm³/mol. The molecule has 2 aliphatic rings. The van der Waals surface area contributed by atoms with Crippen LogP contribution in [0, 0.1) is 0 Å². The third kappa shape index (κ3) is 3.43. The Balaban J connectivity index is 1.68. The van der Waals surface area contributed by atoms with E-state index in [1.54, 1.807) is 7.11 Å². The lowest BCUT2D eigenvalue weighted by atomic mass is 9.98. The molecule has 1 heterocycles. The van der Waals surface area contributed by atoms with Crippen molar-refractivity contribution >= 4 is 0 Å². The molecule has 1 aliphatic heterocycles. The molecule has 2 rings (SSSR count). The van der Waals surface area contributed by atoms with Gasteiger partial charge in [0.25, 0.3) is 0 Å². The Morgan fingerprint density at radius 3 is 2.65 bits per heavy atom. The van der Waals surface area contributed by atoms with Gasteiger partial charge in [-0.05, 0) is 39.5 Å². The highest BCUT2D eigenvalue weighted by Gasteiger charge is 2.41. The monoisotopic (exact) mass is 241 g/mol. The Kier molecular flexibility index (Phi) is 4.11. The standard InChI is InChI=1S/C14H27NO2/c1-13(2,16-3)11-15-10-12-6-9-14(17-12)7-4-5-8-14/h12,15H,4-11H2,1-3H3. The highest BCUT2D eigenvalue weighted by atomic mass is 16.5. The smallest absolute Gasteiger partial charge is 0.0746 e. The molecule has 1 atom stereocenters. The van der Waals surface area contributed by atoms with Gasteiger partial charge in [-0.2, -0.15) is 0 Å². The number of methoxy groups -OCH3 is 1. The molecule has 2 fully saturated rings. The molecule has 1 spiro atoms. The van der Waals surface area contributed by atoms with Gasteiger partial charge >= 0.3 is 0 Å². The van der Waals surface area contributed by atoms with Crippen molar-refractivity contribution in [1.29, 1.82) is 0 Å². The van der Waals surface area contributed by atoms with Crippen molar-refractivity contribution < 1.29 is 9.47 Å². The number of hydrogen-bond acceptors (Lipinski definition) is 3. The van der Waals surface area contributed by atoms with E-state index in [9.17, 15) is 0 Å². The van der Waals surface area contributed by atoms with Crippen molar-refractivity contribution in [3.8, 4) is 0 Å². The normalized spacial score (nSPS) is 28.1. The van der Waals surface area contributed by atoms with Crippen LogP contribution in [-0.2, 0) is 9.47 Å². The summed E-state index contributed by atoms with van der Waals surface area (Å²) in [7, 11) is 1.77. The number of nitrogens with one attached hydrogen (secondary N) is 1. The number of hydrogen-bond donors (Lipinski definition) is 1. The molecule has 3 heteroatoms. The van der Waals surface area contributed by atoms with Gasteiger partial charge in [0.15, 0.2) is 0 Å². The lowest BCUT2D eigenvalue weighted by molar-refractivity contribution is -0.0380. The lowest BCUT2D eigenvalue weighted by Crippen LogP contribution is -2.40. The van der Waals surface area contributed by atoms with E-state index in [1.165, 1.54) is 38.5 Å². The van der Waals surface area contributed by atoms with Crippen molar-refractivity contribution in [3.05, 3.63) is 0 Å². The van der Waals surface area contributed by atoms with Gasteiger partial charge in [0, 0.05) is 20.2 Å². The average Bonchev–Trinajstić information content (AvgIpc) is 2.90. The van der Waals surface area contributed by atoms with Crippen LogP contribution < -0.4 is 5.32 Å². The van der Waals surface area contributed by atoms with Gasteiger partial charge in [-0.25, -0.2) is 0 Å². The van der Waals surface area contributed by atoms with Gasteiger partial charge in [0.1, 0.15) is 0 Å². The summed E-state index contributed by atoms with van der Waals surface area (Å²) >= 11 is 0. The molecule has 0 radical (unpaired) electrons. The second-order valence-corrected chi connectivity index (χ2v) is 6.26.